The molecule has 2 atom stereocenters. The average molecular weight is 510 g/mol. The molecule has 0 spiro atoms. The van der Waals surface area contributed by atoms with E-state index >= 15 is 0 Å². The Kier molecular flexibility index (Phi) is 19.7. The van der Waals surface area contributed by atoms with E-state index in [0.717, 1.165) is 25.7 Å². The predicted molar refractivity (Wildman–Crippen MR) is 135 cm³/mol. The van der Waals surface area contributed by atoms with Crippen LogP contribution in [0, 0.1) is 17.8 Å². The number of esters is 3. The number of rotatable bonds is 19. The first-order valence-corrected chi connectivity index (χ1v) is 13.1. The van der Waals surface area contributed by atoms with Gasteiger partial charge in [-0.1, -0.05) is 26.2 Å². The van der Waals surface area contributed by atoms with E-state index in [1.807, 2.05) is 0 Å². The van der Waals surface area contributed by atoms with E-state index in [1.54, 1.807) is 20.8 Å². The molecule has 2 unspecified atom stereocenters. The first-order valence-electron chi connectivity index (χ1n) is 13.1. The van der Waals surface area contributed by atoms with Gasteiger partial charge in [-0.2, -0.15) is 0 Å². The van der Waals surface area contributed by atoms with Gasteiger partial charge in [-0.05, 0) is 40.0 Å². The van der Waals surface area contributed by atoms with Gasteiger partial charge in [-0.25, -0.2) is 4.79 Å². The molecule has 1 N–H and O–H groups in total. The van der Waals surface area contributed by atoms with Crippen molar-refractivity contribution < 1.29 is 38.2 Å². The quantitative estimate of drug-likeness (QED) is 0.0919. The van der Waals surface area contributed by atoms with Crippen LogP contribution >= 0.6 is 0 Å². The number of ketones is 1. The molecule has 0 fully saturated rings. The van der Waals surface area contributed by atoms with E-state index in [4.69, 9.17) is 14.2 Å². The van der Waals surface area contributed by atoms with Gasteiger partial charge < -0.3 is 19.5 Å². The molecule has 0 aliphatic rings. The van der Waals surface area contributed by atoms with Crippen LogP contribution < -0.4 is 5.32 Å². The number of Topliss-reactive ketones (excluding diaryl/α,β-unsaturated/α-hetero) is 1. The lowest BCUT2D eigenvalue weighted by Gasteiger charge is -2.19. The van der Waals surface area contributed by atoms with Crippen molar-refractivity contribution in [3.8, 4) is 11.8 Å². The monoisotopic (exact) mass is 509 g/mol. The Bertz CT molecular complexity index is 753. The number of hydrogen-bond acceptors (Lipinski definition) is 8. The minimum atomic E-state index is -1.21. The summed E-state index contributed by atoms with van der Waals surface area (Å²) >= 11 is 0. The van der Waals surface area contributed by atoms with Crippen LogP contribution in [0.15, 0.2) is 0 Å². The molecule has 0 aromatic carbocycles. The Morgan fingerprint density at radius 3 is 2.03 bits per heavy atom. The van der Waals surface area contributed by atoms with Crippen LogP contribution in [0.5, 0.6) is 0 Å². The van der Waals surface area contributed by atoms with Gasteiger partial charge in [-0.3, -0.25) is 19.2 Å². The van der Waals surface area contributed by atoms with Crippen molar-refractivity contribution in [3.63, 3.8) is 0 Å². The van der Waals surface area contributed by atoms with Gasteiger partial charge in [0.2, 0.25) is 5.91 Å². The van der Waals surface area contributed by atoms with Crippen LogP contribution in [-0.4, -0.2) is 55.5 Å². The molecule has 204 valence electrons. The van der Waals surface area contributed by atoms with E-state index < -0.39 is 29.8 Å². The van der Waals surface area contributed by atoms with Crippen molar-refractivity contribution >= 4 is 29.6 Å². The lowest BCUT2D eigenvalue weighted by atomic mass is 9.97. The molecule has 36 heavy (non-hydrogen) atoms. The van der Waals surface area contributed by atoms with E-state index in [1.165, 1.54) is 0 Å². The van der Waals surface area contributed by atoms with Gasteiger partial charge in [-0.15, -0.1) is 11.8 Å². The fourth-order valence-corrected chi connectivity index (χ4v) is 3.30. The van der Waals surface area contributed by atoms with E-state index in [-0.39, 0.29) is 50.6 Å². The molecular weight excluding hydrogens is 466 g/mol. The third-order valence-electron chi connectivity index (χ3n) is 5.22. The lowest BCUT2D eigenvalue weighted by molar-refractivity contribution is -0.155. The summed E-state index contributed by atoms with van der Waals surface area (Å²) in [5, 5.41) is 2.55. The molecule has 9 heteroatoms. The molecule has 0 bridgehead atoms. The van der Waals surface area contributed by atoms with Crippen LogP contribution in [0.25, 0.3) is 0 Å². The molecule has 0 saturated heterocycles. The first-order chi connectivity index (χ1) is 17.3. The number of hydrogen-bond donors (Lipinski definition) is 1. The van der Waals surface area contributed by atoms with Gasteiger partial charge in [0.1, 0.15) is 17.7 Å². The molecule has 0 aromatic heterocycles. The summed E-state index contributed by atoms with van der Waals surface area (Å²) in [5.74, 6) is 2.09. The molecule has 0 aliphatic heterocycles. The Hall–Kier alpha value is -2.89. The Labute approximate surface area is 215 Å². The van der Waals surface area contributed by atoms with Crippen LogP contribution in [0.3, 0.4) is 0 Å². The van der Waals surface area contributed by atoms with Gasteiger partial charge in [0.05, 0.1) is 19.8 Å². The molecule has 0 rings (SSSR count). The standard InChI is InChI=1S/C27H43NO8/c1-5-9-10-13-16-21(29)19-20-22(26(32)35-7-3)25(31)28-23(27(33)36-8-4)17-14-11-12-15-18-24(30)34-6-2/h22-23H,5-10,12-13,15-20H2,1-4H3,(H,28,31). The van der Waals surface area contributed by atoms with Crippen molar-refractivity contribution in [1.82, 2.24) is 5.32 Å². The maximum Gasteiger partial charge on any atom is 0.329 e. The number of unbranched alkanes of at least 4 members (excludes halogenated alkanes) is 4. The molecule has 1 amide bonds. The SMILES string of the molecule is CCCCCCC(=O)CCC(C(=O)NC(CC#CCCCC(=O)OCC)C(=O)OCC)C(=O)OCC. The summed E-state index contributed by atoms with van der Waals surface area (Å²) in [5.41, 5.74) is 0. The minimum Gasteiger partial charge on any atom is -0.466 e. The highest BCUT2D eigenvalue weighted by Crippen LogP contribution is 2.14. The number of carbonyl (C=O) groups is 5. The second-order valence-corrected chi connectivity index (χ2v) is 8.22. The zero-order valence-corrected chi connectivity index (χ0v) is 22.3. The van der Waals surface area contributed by atoms with Crippen LogP contribution in [0.2, 0.25) is 0 Å². The number of ether oxygens (including phenoxy) is 3. The van der Waals surface area contributed by atoms with Crippen molar-refractivity contribution in [1.29, 1.82) is 0 Å². The summed E-state index contributed by atoms with van der Waals surface area (Å²) in [6, 6.07) is -1.07. The molecule has 0 heterocycles. The Morgan fingerprint density at radius 2 is 1.39 bits per heavy atom. The molecule has 9 nitrogen and oxygen atoms in total. The van der Waals surface area contributed by atoms with Gasteiger partial charge in [0, 0.05) is 32.1 Å². The summed E-state index contributed by atoms with van der Waals surface area (Å²) < 4.78 is 14.9. The van der Waals surface area contributed by atoms with E-state index in [0.29, 0.717) is 25.9 Å². The molecule has 0 radical (unpaired) electrons. The maximum atomic E-state index is 12.9. The first kappa shape index (κ1) is 33.1. The molecular formula is C27H43NO8. The molecule has 0 aliphatic carbocycles. The second-order valence-electron chi connectivity index (χ2n) is 8.22. The van der Waals surface area contributed by atoms with E-state index in [2.05, 4.69) is 24.1 Å². The third kappa shape index (κ3) is 15.9. The largest absolute Gasteiger partial charge is 0.466 e. The van der Waals surface area contributed by atoms with Gasteiger partial charge in [0.15, 0.2) is 0 Å². The van der Waals surface area contributed by atoms with E-state index in [9.17, 15) is 24.0 Å². The van der Waals surface area contributed by atoms with Crippen LogP contribution in [0.1, 0.15) is 98.3 Å². The second kappa shape index (κ2) is 21.4. The normalized spacial score (nSPS) is 11.9. The fourth-order valence-electron chi connectivity index (χ4n) is 3.30. The number of amides is 1. The van der Waals surface area contributed by atoms with Gasteiger partial charge in [0.25, 0.3) is 0 Å². The third-order valence-corrected chi connectivity index (χ3v) is 5.22. The predicted octanol–water partition coefficient (Wildman–Crippen LogP) is 3.66. The van der Waals surface area contributed by atoms with Crippen molar-refractivity contribution in [2.24, 2.45) is 5.92 Å². The molecule has 0 saturated carbocycles. The summed E-state index contributed by atoms with van der Waals surface area (Å²) in [6.45, 7) is 7.63. The van der Waals surface area contributed by atoms with Gasteiger partial charge >= 0.3 is 17.9 Å². The zero-order chi connectivity index (χ0) is 27.2. The molecule has 0 aromatic rings. The van der Waals surface area contributed by atoms with Crippen molar-refractivity contribution in [2.45, 2.75) is 104 Å². The Balaban J connectivity index is 5.08. The van der Waals surface area contributed by atoms with Crippen molar-refractivity contribution in [2.75, 3.05) is 19.8 Å². The summed E-state index contributed by atoms with van der Waals surface area (Å²) in [7, 11) is 0. The zero-order valence-electron chi connectivity index (χ0n) is 22.3. The summed E-state index contributed by atoms with van der Waals surface area (Å²) in [6.07, 6.45) is 5.54. The Morgan fingerprint density at radius 1 is 0.722 bits per heavy atom. The number of nitrogens with one attached hydrogen (secondary N) is 1. The van der Waals surface area contributed by atoms with Crippen LogP contribution in [0.4, 0.5) is 0 Å². The maximum absolute atomic E-state index is 12.9. The highest BCUT2D eigenvalue weighted by molar-refractivity contribution is 5.99. The number of carbonyl (C=O) groups excluding carboxylic acids is 5. The van der Waals surface area contributed by atoms with Crippen LogP contribution in [-0.2, 0) is 38.2 Å². The lowest BCUT2D eigenvalue weighted by Crippen LogP contribution is -2.46. The highest BCUT2D eigenvalue weighted by Gasteiger charge is 2.32. The minimum absolute atomic E-state index is 0.00631. The fraction of sp³-hybridized carbons (Fsp3) is 0.741. The van der Waals surface area contributed by atoms with Crippen molar-refractivity contribution in [3.05, 3.63) is 0 Å². The topological polar surface area (TPSA) is 125 Å². The highest BCUT2D eigenvalue weighted by atomic mass is 16.5. The summed E-state index contributed by atoms with van der Waals surface area (Å²) in [4.78, 5) is 61.3. The smallest absolute Gasteiger partial charge is 0.329 e. The average Bonchev–Trinajstić information content (AvgIpc) is 2.83.